The standard InChI is InChI=1S/C15H17N3O3/c1-2-3-4-10-16-17-15(20)13-7-5-6-12(11-13)8-9-14(19)18-21/h2,5-11,21H,1,3-4H2,(H,17,20)(H,18,19)/b9-8+,16-10+. The van der Waals surface area contributed by atoms with Gasteiger partial charge in [0.2, 0.25) is 0 Å². The molecule has 0 heterocycles. The van der Waals surface area contributed by atoms with Gasteiger partial charge in [-0.15, -0.1) is 6.58 Å². The highest BCUT2D eigenvalue weighted by atomic mass is 16.5. The first-order valence-corrected chi connectivity index (χ1v) is 6.32. The van der Waals surface area contributed by atoms with E-state index < -0.39 is 5.91 Å². The van der Waals surface area contributed by atoms with Crippen LogP contribution in [-0.4, -0.2) is 23.2 Å². The molecule has 6 nitrogen and oxygen atoms in total. The summed E-state index contributed by atoms with van der Waals surface area (Å²) in [5.41, 5.74) is 4.97. The van der Waals surface area contributed by atoms with E-state index in [1.165, 1.54) is 11.6 Å². The maximum atomic E-state index is 11.8. The summed E-state index contributed by atoms with van der Waals surface area (Å²) in [6, 6.07) is 6.66. The van der Waals surface area contributed by atoms with Crippen molar-refractivity contribution < 1.29 is 14.8 Å². The molecule has 0 aliphatic rings. The van der Waals surface area contributed by atoms with E-state index in [1.807, 2.05) is 0 Å². The lowest BCUT2D eigenvalue weighted by Crippen LogP contribution is -2.17. The SMILES string of the molecule is C=CCC/C=N/NC(=O)c1cccc(/C=C/C(=O)NO)c1. The average molecular weight is 287 g/mol. The van der Waals surface area contributed by atoms with Gasteiger partial charge >= 0.3 is 0 Å². The van der Waals surface area contributed by atoms with Crippen LogP contribution < -0.4 is 10.9 Å². The molecule has 3 N–H and O–H groups in total. The summed E-state index contributed by atoms with van der Waals surface area (Å²) in [5, 5.41) is 12.2. The van der Waals surface area contributed by atoms with Crippen molar-refractivity contribution in [3.63, 3.8) is 0 Å². The van der Waals surface area contributed by atoms with Gasteiger partial charge in [-0.25, -0.2) is 10.9 Å². The number of nitrogens with one attached hydrogen (secondary N) is 2. The van der Waals surface area contributed by atoms with Gasteiger partial charge in [-0.2, -0.15) is 5.10 Å². The van der Waals surface area contributed by atoms with Crippen LogP contribution in [0.5, 0.6) is 0 Å². The molecule has 2 amide bonds. The van der Waals surface area contributed by atoms with Gasteiger partial charge < -0.3 is 0 Å². The highest BCUT2D eigenvalue weighted by molar-refractivity contribution is 5.95. The molecule has 0 aromatic heterocycles. The molecule has 6 heteroatoms. The molecule has 0 atom stereocenters. The number of benzene rings is 1. The molecule has 110 valence electrons. The first-order valence-electron chi connectivity index (χ1n) is 6.32. The Balaban J connectivity index is 2.64. The Labute approximate surface area is 122 Å². The minimum absolute atomic E-state index is 0.341. The van der Waals surface area contributed by atoms with Crippen molar-refractivity contribution in [2.24, 2.45) is 5.10 Å². The molecule has 1 aromatic carbocycles. The zero-order valence-corrected chi connectivity index (χ0v) is 11.5. The van der Waals surface area contributed by atoms with Gasteiger partial charge in [0.05, 0.1) is 0 Å². The Morgan fingerprint density at radius 1 is 1.33 bits per heavy atom. The largest absolute Gasteiger partial charge is 0.288 e. The monoisotopic (exact) mass is 287 g/mol. The van der Waals surface area contributed by atoms with Crippen LogP contribution in [-0.2, 0) is 4.79 Å². The lowest BCUT2D eigenvalue weighted by Gasteiger charge is -2.01. The van der Waals surface area contributed by atoms with Crippen molar-refractivity contribution in [1.82, 2.24) is 10.9 Å². The number of rotatable bonds is 7. The third kappa shape index (κ3) is 6.31. The Hall–Kier alpha value is -2.73. The second kappa shape index (κ2) is 9.22. The molecular formula is C15H17N3O3. The number of unbranched alkanes of at least 4 members (excludes halogenated alkanes) is 1. The quantitative estimate of drug-likeness (QED) is 0.179. The minimum Gasteiger partial charge on any atom is -0.288 e. The molecule has 0 radical (unpaired) electrons. The number of allylic oxidation sites excluding steroid dienone is 1. The Kier molecular flexibility index (Phi) is 7.17. The third-order valence-corrected chi connectivity index (χ3v) is 2.44. The third-order valence-electron chi connectivity index (χ3n) is 2.44. The van der Waals surface area contributed by atoms with Gasteiger partial charge in [0.1, 0.15) is 0 Å². The summed E-state index contributed by atoms with van der Waals surface area (Å²) in [6.45, 7) is 3.59. The van der Waals surface area contributed by atoms with Crippen molar-refractivity contribution in [3.05, 3.63) is 54.1 Å². The summed E-state index contributed by atoms with van der Waals surface area (Å²) in [5.74, 6) is -0.983. The molecule has 0 aliphatic heterocycles. The Morgan fingerprint density at radius 2 is 2.14 bits per heavy atom. The predicted octanol–water partition coefficient (Wildman–Crippen LogP) is 1.89. The van der Waals surface area contributed by atoms with Crippen molar-refractivity contribution in [2.75, 3.05) is 0 Å². The summed E-state index contributed by atoms with van der Waals surface area (Å²) in [6.07, 6.45) is 7.52. The maximum Gasteiger partial charge on any atom is 0.271 e. The summed E-state index contributed by atoms with van der Waals surface area (Å²) in [4.78, 5) is 22.7. The normalized spacial score (nSPS) is 10.7. The van der Waals surface area contributed by atoms with E-state index in [0.717, 1.165) is 12.5 Å². The first kappa shape index (κ1) is 16.3. The van der Waals surface area contributed by atoms with E-state index in [1.54, 1.807) is 36.6 Å². The smallest absolute Gasteiger partial charge is 0.271 e. The molecule has 0 saturated heterocycles. The van der Waals surface area contributed by atoms with Gasteiger partial charge in [0.15, 0.2) is 0 Å². The van der Waals surface area contributed by atoms with Crippen molar-refractivity contribution in [2.45, 2.75) is 12.8 Å². The Morgan fingerprint density at radius 3 is 2.86 bits per heavy atom. The number of carbonyl (C=O) groups excluding carboxylic acids is 2. The van der Waals surface area contributed by atoms with Crippen LogP contribution in [0.4, 0.5) is 0 Å². The van der Waals surface area contributed by atoms with Crippen LogP contribution >= 0.6 is 0 Å². The highest BCUT2D eigenvalue weighted by Gasteiger charge is 2.03. The van der Waals surface area contributed by atoms with Crippen LogP contribution in [0.2, 0.25) is 0 Å². The van der Waals surface area contributed by atoms with Crippen LogP contribution in [0, 0.1) is 0 Å². The summed E-state index contributed by atoms with van der Waals surface area (Å²) >= 11 is 0. The van der Waals surface area contributed by atoms with E-state index in [9.17, 15) is 9.59 Å². The van der Waals surface area contributed by atoms with Gasteiger partial charge in [-0.05, 0) is 36.6 Å². The second-order valence-electron chi connectivity index (χ2n) is 4.05. The van der Waals surface area contributed by atoms with Gasteiger partial charge in [0.25, 0.3) is 11.8 Å². The number of hydroxylamine groups is 1. The van der Waals surface area contributed by atoms with Gasteiger partial charge in [-0.3, -0.25) is 14.8 Å². The van der Waals surface area contributed by atoms with Crippen LogP contribution in [0.1, 0.15) is 28.8 Å². The minimum atomic E-state index is -0.642. The molecule has 0 unspecified atom stereocenters. The fourth-order valence-electron chi connectivity index (χ4n) is 1.42. The van der Waals surface area contributed by atoms with Crippen molar-refractivity contribution >= 4 is 24.1 Å². The molecule has 1 aromatic rings. The molecule has 0 saturated carbocycles. The lowest BCUT2D eigenvalue weighted by atomic mass is 10.1. The summed E-state index contributed by atoms with van der Waals surface area (Å²) < 4.78 is 0. The number of amides is 2. The van der Waals surface area contributed by atoms with E-state index >= 15 is 0 Å². The lowest BCUT2D eigenvalue weighted by molar-refractivity contribution is -0.124. The number of carbonyl (C=O) groups is 2. The van der Waals surface area contributed by atoms with Gasteiger partial charge in [-0.1, -0.05) is 18.2 Å². The van der Waals surface area contributed by atoms with Crippen molar-refractivity contribution in [1.29, 1.82) is 0 Å². The van der Waals surface area contributed by atoms with Crippen LogP contribution in [0.3, 0.4) is 0 Å². The number of hydrogen-bond donors (Lipinski definition) is 3. The van der Waals surface area contributed by atoms with E-state index in [4.69, 9.17) is 5.21 Å². The second-order valence-corrected chi connectivity index (χ2v) is 4.05. The van der Waals surface area contributed by atoms with Crippen molar-refractivity contribution in [3.8, 4) is 0 Å². The summed E-state index contributed by atoms with van der Waals surface area (Å²) in [7, 11) is 0. The molecule has 0 spiro atoms. The van der Waals surface area contributed by atoms with E-state index in [-0.39, 0.29) is 5.91 Å². The van der Waals surface area contributed by atoms with Gasteiger partial charge in [0, 0.05) is 17.9 Å². The zero-order chi connectivity index (χ0) is 15.5. The number of hydrazone groups is 1. The number of hydrogen-bond acceptors (Lipinski definition) is 4. The number of nitrogens with zero attached hydrogens (tertiary/aromatic N) is 1. The molecular weight excluding hydrogens is 270 g/mol. The predicted molar refractivity (Wildman–Crippen MR) is 80.8 cm³/mol. The molecule has 0 fully saturated rings. The Bertz CT molecular complexity index is 565. The molecule has 0 aliphatic carbocycles. The molecule has 1 rings (SSSR count). The van der Waals surface area contributed by atoms with E-state index in [0.29, 0.717) is 17.5 Å². The topological polar surface area (TPSA) is 90.8 Å². The molecule has 21 heavy (non-hydrogen) atoms. The highest BCUT2D eigenvalue weighted by Crippen LogP contribution is 2.07. The zero-order valence-electron chi connectivity index (χ0n) is 11.5. The van der Waals surface area contributed by atoms with E-state index in [2.05, 4.69) is 17.1 Å². The van der Waals surface area contributed by atoms with Crippen LogP contribution in [0.25, 0.3) is 6.08 Å². The fraction of sp³-hybridized carbons (Fsp3) is 0.133. The first-order chi connectivity index (χ1) is 10.2. The van der Waals surface area contributed by atoms with Crippen LogP contribution in [0.15, 0.2) is 48.1 Å². The average Bonchev–Trinajstić information content (AvgIpc) is 2.52. The maximum absolute atomic E-state index is 11.8. The fourth-order valence-corrected chi connectivity index (χ4v) is 1.42. The molecule has 0 bridgehead atoms.